The molecule has 1 amide bonds. The van der Waals surface area contributed by atoms with E-state index >= 15 is 0 Å². The van der Waals surface area contributed by atoms with Crippen LogP contribution in [0, 0.1) is 0 Å². The Morgan fingerprint density at radius 2 is 2.12 bits per heavy atom. The highest BCUT2D eigenvalue weighted by atomic mass is 32.1. The lowest BCUT2D eigenvalue weighted by atomic mass is 10.3. The molecule has 0 radical (unpaired) electrons. The minimum absolute atomic E-state index is 0.203. The van der Waals surface area contributed by atoms with Gasteiger partial charge < -0.3 is 9.64 Å². The lowest BCUT2D eigenvalue weighted by molar-refractivity contribution is 0.0328. The van der Waals surface area contributed by atoms with E-state index in [4.69, 9.17) is 4.74 Å². The molecule has 17 heavy (non-hydrogen) atoms. The summed E-state index contributed by atoms with van der Waals surface area (Å²) in [5.74, 6) is 0.203. The number of carbonyl (C=O) groups excluding carboxylic acids is 1. The van der Waals surface area contributed by atoms with Gasteiger partial charge in [0.15, 0.2) is 0 Å². The Hall–Kier alpha value is -0.910. The summed E-state index contributed by atoms with van der Waals surface area (Å²) in [7, 11) is 0. The van der Waals surface area contributed by atoms with Gasteiger partial charge in [0.1, 0.15) is 0 Å². The van der Waals surface area contributed by atoms with E-state index in [1.165, 1.54) is 4.88 Å². The molecular formula is C12H16N2O2S. The van der Waals surface area contributed by atoms with Crippen LogP contribution in [-0.4, -0.2) is 55.1 Å². The predicted octanol–water partition coefficient (Wildman–Crippen LogP) is 1.04. The Kier molecular flexibility index (Phi) is 3.13. The molecule has 2 aliphatic heterocycles. The second kappa shape index (κ2) is 4.76. The SMILES string of the molecule is O=C1c2ccsc2CN1CCN1CCOCC1. The van der Waals surface area contributed by atoms with Crippen molar-refractivity contribution in [3.05, 3.63) is 21.9 Å². The third-order valence-electron chi connectivity index (χ3n) is 3.39. The number of rotatable bonds is 3. The van der Waals surface area contributed by atoms with Crippen molar-refractivity contribution in [2.45, 2.75) is 6.54 Å². The number of nitrogens with zero attached hydrogens (tertiary/aromatic N) is 2. The van der Waals surface area contributed by atoms with Crippen LogP contribution in [0.2, 0.25) is 0 Å². The molecular weight excluding hydrogens is 236 g/mol. The molecule has 0 atom stereocenters. The smallest absolute Gasteiger partial charge is 0.255 e. The predicted molar refractivity (Wildman–Crippen MR) is 66.3 cm³/mol. The van der Waals surface area contributed by atoms with Gasteiger partial charge in [-0.05, 0) is 11.4 Å². The molecule has 0 spiro atoms. The van der Waals surface area contributed by atoms with Gasteiger partial charge in [-0.2, -0.15) is 0 Å². The fraction of sp³-hybridized carbons (Fsp3) is 0.583. The summed E-state index contributed by atoms with van der Waals surface area (Å²) in [5, 5.41) is 2.00. The molecule has 1 fully saturated rings. The molecule has 1 saturated heterocycles. The van der Waals surface area contributed by atoms with Crippen LogP contribution in [0.4, 0.5) is 0 Å². The van der Waals surface area contributed by atoms with Gasteiger partial charge in [-0.15, -0.1) is 11.3 Å². The average Bonchev–Trinajstić information content (AvgIpc) is 2.92. The second-order valence-electron chi connectivity index (χ2n) is 4.44. The number of morpholine rings is 1. The van der Waals surface area contributed by atoms with Crippen molar-refractivity contribution < 1.29 is 9.53 Å². The first kappa shape index (κ1) is 11.2. The Balaban J connectivity index is 1.54. The number of ether oxygens (including phenoxy) is 1. The van der Waals surface area contributed by atoms with Crippen molar-refractivity contribution in [2.24, 2.45) is 0 Å². The fourth-order valence-corrected chi connectivity index (χ4v) is 3.22. The van der Waals surface area contributed by atoms with E-state index in [0.717, 1.165) is 51.5 Å². The summed E-state index contributed by atoms with van der Waals surface area (Å²) < 4.78 is 5.31. The number of carbonyl (C=O) groups is 1. The molecule has 5 heteroatoms. The Morgan fingerprint density at radius 1 is 1.29 bits per heavy atom. The molecule has 3 heterocycles. The fourth-order valence-electron chi connectivity index (χ4n) is 2.34. The van der Waals surface area contributed by atoms with Gasteiger partial charge in [0.25, 0.3) is 5.91 Å². The average molecular weight is 252 g/mol. The Bertz CT molecular complexity index is 412. The van der Waals surface area contributed by atoms with Gasteiger partial charge in [0, 0.05) is 31.1 Å². The number of hydrogen-bond donors (Lipinski definition) is 0. The Morgan fingerprint density at radius 3 is 2.88 bits per heavy atom. The molecule has 92 valence electrons. The third-order valence-corrected chi connectivity index (χ3v) is 4.29. The maximum absolute atomic E-state index is 12.0. The minimum atomic E-state index is 0.203. The van der Waals surface area contributed by atoms with E-state index < -0.39 is 0 Å². The summed E-state index contributed by atoms with van der Waals surface area (Å²) in [6, 6.07) is 1.94. The summed E-state index contributed by atoms with van der Waals surface area (Å²) >= 11 is 1.68. The monoisotopic (exact) mass is 252 g/mol. The van der Waals surface area contributed by atoms with Crippen molar-refractivity contribution >= 4 is 17.2 Å². The topological polar surface area (TPSA) is 32.8 Å². The van der Waals surface area contributed by atoms with E-state index in [1.807, 2.05) is 16.3 Å². The van der Waals surface area contributed by atoms with Crippen LogP contribution in [0.5, 0.6) is 0 Å². The van der Waals surface area contributed by atoms with Crippen LogP contribution in [0.1, 0.15) is 15.2 Å². The summed E-state index contributed by atoms with van der Waals surface area (Å²) in [4.78, 5) is 17.6. The molecule has 0 N–H and O–H groups in total. The molecule has 0 unspecified atom stereocenters. The molecule has 4 nitrogen and oxygen atoms in total. The number of hydrogen-bond acceptors (Lipinski definition) is 4. The highest BCUT2D eigenvalue weighted by Crippen LogP contribution is 2.27. The van der Waals surface area contributed by atoms with E-state index in [2.05, 4.69) is 4.90 Å². The highest BCUT2D eigenvalue weighted by Gasteiger charge is 2.28. The summed E-state index contributed by atoms with van der Waals surface area (Å²) in [6.45, 7) is 6.22. The second-order valence-corrected chi connectivity index (χ2v) is 5.44. The van der Waals surface area contributed by atoms with Crippen LogP contribution >= 0.6 is 11.3 Å². The maximum Gasteiger partial charge on any atom is 0.255 e. The summed E-state index contributed by atoms with van der Waals surface area (Å²) in [6.07, 6.45) is 0. The minimum Gasteiger partial charge on any atom is -0.379 e. The maximum atomic E-state index is 12.0. The van der Waals surface area contributed by atoms with Crippen molar-refractivity contribution in [1.82, 2.24) is 9.80 Å². The van der Waals surface area contributed by atoms with Gasteiger partial charge in [-0.25, -0.2) is 0 Å². The van der Waals surface area contributed by atoms with Crippen LogP contribution in [0.3, 0.4) is 0 Å². The standard InChI is InChI=1S/C12H16N2O2S/c15-12-10-1-8-17-11(10)9-14(12)3-2-13-4-6-16-7-5-13/h1,8H,2-7,9H2. The molecule has 0 bridgehead atoms. The largest absolute Gasteiger partial charge is 0.379 e. The first-order valence-corrected chi connectivity index (χ1v) is 6.88. The lowest BCUT2D eigenvalue weighted by Crippen LogP contribution is -2.41. The van der Waals surface area contributed by atoms with Crippen LogP contribution in [0.25, 0.3) is 0 Å². The van der Waals surface area contributed by atoms with Crippen molar-refractivity contribution in [2.75, 3.05) is 39.4 Å². The van der Waals surface area contributed by atoms with Gasteiger partial charge in [-0.3, -0.25) is 9.69 Å². The zero-order valence-electron chi connectivity index (χ0n) is 9.72. The van der Waals surface area contributed by atoms with Crippen LogP contribution in [0.15, 0.2) is 11.4 Å². The quantitative estimate of drug-likeness (QED) is 0.805. The normalized spacial score (nSPS) is 20.9. The highest BCUT2D eigenvalue weighted by molar-refractivity contribution is 7.10. The molecule has 1 aromatic heterocycles. The van der Waals surface area contributed by atoms with Crippen molar-refractivity contribution in [1.29, 1.82) is 0 Å². The number of amides is 1. The van der Waals surface area contributed by atoms with E-state index in [-0.39, 0.29) is 5.91 Å². The first-order valence-electron chi connectivity index (χ1n) is 6.00. The van der Waals surface area contributed by atoms with E-state index in [1.54, 1.807) is 11.3 Å². The van der Waals surface area contributed by atoms with Gasteiger partial charge in [0.2, 0.25) is 0 Å². The van der Waals surface area contributed by atoms with Crippen LogP contribution in [-0.2, 0) is 11.3 Å². The molecule has 1 aromatic rings. The first-order chi connectivity index (χ1) is 8.34. The molecule has 0 aromatic carbocycles. The summed E-state index contributed by atoms with van der Waals surface area (Å²) in [5.41, 5.74) is 0.914. The van der Waals surface area contributed by atoms with E-state index in [0.29, 0.717) is 0 Å². The molecule has 3 rings (SSSR count). The van der Waals surface area contributed by atoms with Gasteiger partial charge >= 0.3 is 0 Å². The molecule has 2 aliphatic rings. The lowest BCUT2D eigenvalue weighted by Gasteiger charge is -2.28. The zero-order chi connectivity index (χ0) is 11.7. The van der Waals surface area contributed by atoms with Crippen LogP contribution < -0.4 is 0 Å². The van der Waals surface area contributed by atoms with Crippen molar-refractivity contribution in [3.63, 3.8) is 0 Å². The number of thiophene rings is 1. The zero-order valence-corrected chi connectivity index (χ0v) is 10.5. The van der Waals surface area contributed by atoms with Crippen molar-refractivity contribution in [3.8, 4) is 0 Å². The molecule has 0 aliphatic carbocycles. The molecule has 0 saturated carbocycles. The Labute approximate surface area is 105 Å². The third kappa shape index (κ3) is 2.22. The van der Waals surface area contributed by atoms with Gasteiger partial charge in [-0.1, -0.05) is 0 Å². The van der Waals surface area contributed by atoms with E-state index in [9.17, 15) is 4.79 Å². The van der Waals surface area contributed by atoms with Gasteiger partial charge in [0.05, 0.1) is 25.3 Å². The number of fused-ring (bicyclic) bond motifs is 1.